The van der Waals surface area contributed by atoms with E-state index in [1.54, 1.807) is 7.11 Å². The van der Waals surface area contributed by atoms with Gasteiger partial charge in [0.25, 0.3) is 0 Å². The van der Waals surface area contributed by atoms with Gasteiger partial charge in [-0.05, 0) is 42.2 Å². The van der Waals surface area contributed by atoms with Crippen molar-refractivity contribution >= 4 is 0 Å². The van der Waals surface area contributed by atoms with Gasteiger partial charge in [-0.3, -0.25) is 4.90 Å². The Hall–Kier alpha value is -2.08. The second-order valence-corrected chi connectivity index (χ2v) is 6.83. The predicted molar refractivity (Wildman–Crippen MR) is 106 cm³/mol. The highest BCUT2D eigenvalue weighted by atomic mass is 16.5. The van der Waals surface area contributed by atoms with E-state index in [2.05, 4.69) is 23.1 Å². The molecule has 1 aliphatic heterocycles. The lowest BCUT2D eigenvalue weighted by Crippen LogP contribution is -2.42. The van der Waals surface area contributed by atoms with Crippen molar-refractivity contribution in [3.05, 3.63) is 59.7 Å². The number of aliphatic hydroxyl groups is 1. The number of nitrogens with zero attached hydrogens (tertiary/aromatic N) is 1. The summed E-state index contributed by atoms with van der Waals surface area (Å²) in [5, 5.41) is 10.3. The van der Waals surface area contributed by atoms with Gasteiger partial charge in [0, 0.05) is 19.6 Å². The van der Waals surface area contributed by atoms with Gasteiger partial charge < -0.3 is 19.3 Å². The molecular weight excluding hydrogens is 342 g/mol. The normalized spacial score (nSPS) is 16.1. The van der Waals surface area contributed by atoms with Gasteiger partial charge in [0.2, 0.25) is 0 Å². The van der Waals surface area contributed by atoms with Crippen LogP contribution in [0.3, 0.4) is 0 Å². The van der Waals surface area contributed by atoms with E-state index in [-0.39, 0.29) is 0 Å². The van der Waals surface area contributed by atoms with Crippen LogP contribution in [-0.4, -0.2) is 62.7 Å². The van der Waals surface area contributed by atoms with Gasteiger partial charge in [-0.15, -0.1) is 0 Å². The van der Waals surface area contributed by atoms with Gasteiger partial charge >= 0.3 is 0 Å². The van der Waals surface area contributed by atoms with Crippen LogP contribution in [0.1, 0.15) is 11.1 Å². The monoisotopic (exact) mass is 371 g/mol. The largest absolute Gasteiger partial charge is 0.497 e. The number of β-amino-alcohol motifs (C(OH)–C–C–N with tert-alkyl or cyclic N) is 1. The zero-order valence-corrected chi connectivity index (χ0v) is 16.0. The third kappa shape index (κ3) is 6.24. The summed E-state index contributed by atoms with van der Waals surface area (Å²) in [5.41, 5.74) is 2.42. The van der Waals surface area contributed by atoms with Crippen molar-refractivity contribution in [3.63, 3.8) is 0 Å². The summed E-state index contributed by atoms with van der Waals surface area (Å²) in [6, 6.07) is 16.2. The third-order valence-corrected chi connectivity index (χ3v) is 4.82. The number of aryl methyl sites for hydroxylation is 2. The quantitative estimate of drug-likeness (QED) is 0.734. The molecule has 1 heterocycles. The maximum atomic E-state index is 10.3. The van der Waals surface area contributed by atoms with Crippen molar-refractivity contribution in [2.75, 3.05) is 46.6 Å². The number of aliphatic hydroxyl groups excluding tert-OH is 1. The zero-order valence-electron chi connectivity index (χ0n) is 16.0. The predicted octanol–water partition coefficient (Wildman–Crippen LogP) is 2.55. The third-order valence-electron chi connectivity index (χ3n) is 4.82. The summed E-state index contributed by atoms with van der Waals surface area (Å²) in [5.74, 6) is 1.73. The maximum absolute atomic E-state index is 10.3. The van der Waals surface area contributed by atoms with E-state index in [9.17, 15) is 5.11 Å². The Labute approximate surface area is 161 Å². The first kappa shape index (κ1) is 19.7. The molecule has 1 unspecified atom stereocenters. The molecule has 0 radical (unpaired) electrons. The van der Waals surface area contributed by atoms with Crippen molar-refractivity contribution in [2.45, 2.75) is 18.9 Å². The smallest absolute Gasteiger partial charge is 0.122 e. The Balaban J connectivity index is 1.50. The molecule has 2 aromatic rings. The second-order valence-electron chi connectivity index (χ2n) is 6.83. The average Bonchev–Trinajstić information content (AvgIpc) is 2.72. The minimum absolute atomic E-state index is 0.302. The lowest BCUT2D eigenvalue weighted by Gasteiger charge is -2.28. The Morgan fingerprint density at radius 3 is 2.52 bits per heavy atom. The van der Waals surface area contributed by atoms with Gasteiger partial charge in [0.05, 0.1) is 20.3 Å². The molecule has 146 valence electrons. The van der Waals surface area contributed by atoms with Gasteiger partial charge in [-0.1, -0.05) is 30.3 Å². The first-order valence-electron chi connectivity index (χ1n) is 9.56. The van der Waals surface area contributed by atoms with Crippen molar-refractivity contribution in [3.8, 4) is 11.5 Å². The summed E-state index contributed by atoms with van der Waals surface area (Å²) in [6.07, 6.45) is 1.32. The molecule has 3 rings (SSSR count). The first-order chi connectivity index (χ1) is 13.2. The molecule has 0 spiro atoms. The molecule has 0 bridgehead atoms. The van der Waals surface area contributed by atoms with Gasteiger partial charge in [-0.25, -0.2) is 0 Å². The highest BCUT2D eigenvalue weighted by Crippen LogP contribution is 2.21. The second kappa shape index (κ2) is 10.3. The Bertz CT molecular complexity index is 683. The van der Waals surface area contributed by atoms with Gasteiger partial charge in [-0.2, -0.15) is 0 Å². The van der Waals surface area contributed by atoms with Crippen molar-refractivity contribution in [1.29, 1.82) is 0 Å². The van der Waals surface area contributed by atoms with Crippen molar-refractivity contribution in [2.24, 2.45) is 0 Å². The SMILES string of the molecule is COc1ccc(CCc2ccccc2OCC(O)CN2CCOCC2)cc1. The molecule has 0 aliphatic carbocycles. The van der Waals surface area contributed by atoms with Crippen LogP contribution in [0.5, 0.6) is 11.5 Å². The summed E-state index contributed by atoms with van der Waals surface area (Å²) < 4.78 is 16.5. The summed E-state index contributed by atoms with van der Waals surface area (Å²) in [6.45, 7) is 4.14. The molecule has 1 atom stereocenters. The summed E-state index contributed by atoms with van der Waals surface area (Å²) in [7, 11) is 1.68. The number of morpholine rings is 1. The zero-order chi connectivity index (χ0) is 18.9. The number of rotatable bonds is 9. The number of para-hydroxylation sites is 1. The number of benzene rings is 2. The fraction of sp³-hybridized carbons (Fsp3) is 0.455. The molecule has 5 nitrogen and oxygen atoms in total. The van der Waals surface area contributed by atoms with Crippen LogP contribution < -0.4 is 9.47 Å². The van der Waals surface area contributed by atoms with Gasteiger partial charge in [0.1, 0.15) is 24.2 Å². The maximum Gasteiger partial charge on any atom is 0.122 e. The van der Waals surface area contributed by atoms with Crippen LogP contribution in [0, 0.1) is 0 Å². The summed E-state index contributed by atoms with van der Waals surface area (Å²) >= 11 is 0. The molecule has 2 aromatic carbocycles. The molecule has 1 fully saturated rings. The molecule has 0 amide bonds. The molecule has 1 saturated heterocycles. The number of hydrogen-bond acceptors (Lipinski definition) is 5. The molecule has 5 heteroatoms. The van der Waals surface area contributed by atoms with Crippen LogP contribution in [0.25, 0.3) is 0 Å². The lowest BCUT2D eigenvalue weighted by molar-refractivity contribution is 0.00457. The van der Waals surface area contributed by atoms with Crippen LogP contribution in [-0.2, 0) is 17.6 Å². The van der Waals surface area contributed by atoms with E-state index in [0.29, 0.717) is 13.2 Å². The van der Waals surface area contributed by atoms with E-state index in [1.165, 1.54) is 5.56 Å². The topological polar surface area (TPSA) is 51.2 Å². The molecular formula is C22H29NO4. The van der Waals surface area contributed by atoms with Gasteiger partial charge in [0.15, 0.2) is 0 Å². The van der Waals surface area contributed by atoms with E-state index >= 15 is 0 Å². The molecule has 1 aliphatic rings. The van der Waals surface area contributed by atoms with Crippen LogP contribution in [0.2, 0.25) is 0 Å². The van der Waals surface area contributed by atoms with E-state index in [4.69, 9.17) is 14.2 Å². The first-order valence-corrected chi connectivity index (χ1v) is 9.56. The molecule has 27 heavy (non-hydrogen) atoms. The number of methoxy groups -OCH3 is 1. The Kier molecular flexibility index (Phi) is 7.51. The van der Waals surface area contributed by atoms with Crippen LogP contribution in [0.4, 0.5) is 0 Å². The lowest BCUT2D eigenvalue weighted by atomic mass is 10.0. The number of ether oxygens (including phenoxy) is 3. The van der Waals surface area contributed by atoms with Crippen molar-refractivity contribution < 1.29 is 19.3 Å². The fourth-order valence-corrected chi connectivity index (χ4v) is 3.24. The fourth-order valence-electron chi connectivity index (χ4n) is 3.24. The Morgan fingerprint density at radius 2 is 1.78 bits per heavy atom. The highest BCUT2D eigenvalue weighted by Gasteiger charge is 2.15. The van der Waals surface area contributed by atoms with Crippen LogP contribution >= 0.6 is 0 Å². The minimum atomic E-state index is -0.502. The average molecular weight is 371 g/mol. The standard InChI is InChI=1S/C22H29NO4/c1-25-21-10-7-18(8-11-21)6-9-19-4-2-3-5-22(19)27-17-20(24)16-23-12-14-26-15-13-23/h2-5,7-8,10-11,20,24H,6,9,12-17H2,1H3. The summed E-state index contributed by atoms with van der Waals surface area (Å²) in [4.78, 5) is 2.22. The highest BCUT2D eigenvalue weighted by molar-refractivity contribution is 5.35. The molecule has 1 N–H and O–H groups in total. The van der Waals surface area contributed by atoms with Crippen LogP contribution in [0.15, 0.2) is 48.5 Å². The van der Waals surface area contributed by atoms with E-state index in [1.807, 2.05) is 30.3 Å². The molecule has 0 aromatic heterocycles. The minimum Gasteiger partial charge on any atom is -0.497 e. The number of hydrogen-bond donors (Lipinski definition) is 1. The molecule has 0 saturated carbocycles. The van der Waals surface area contributed by atoms with Crippen molar-refractivity contribution in [1.82, 2.24) is 4.90 Å². The van der Waals surface area contributed by atoms with E-state index in [0.717, 1.165) is 56.2 Å². The Morgan fingerprint density at radius 1 is 1.04 bits per heavy atom. The van der Waals surface area contributed by atoms with E-state index < -0.39 is 6.10 Å².